The van der Waals surface area contributed by atoms with Crippen molar-refractivity contribution in [3.8, 4) is 0 Å². The summed E-state index contributed by atoms with van der Waals surface area (Å²) in [5, 5.41) is 3.56. The summed E-state index contributed by atoms with van der Waals surface area (Å²) in [7, 11) is 1.81. The summed E-state index contributed by atoms with van der Waals surface area (Å²) in [6.07, 6.45) is 5.10. The van der Waals surface area contributed by atoms with E-state index >= 15 is 0 Å². The molecule has 2 heteroatoms. The Morgan fingerprint density at radius 1 is 1.38 bits per heavy atom. The summed E-state index contributed by atoms with van der Waals surface area (Å²) in [4.78, 5) is 0. The van der Waals surface area contributed by atoms with E-state index in [4.69, 9.17) is 4.74 Å². The molecule has 2 rings (SSSR count). The third-order valence-corrected chi connectivity index (χ3v) is 3.05. The minimum absolute atomic E-state index is 0.513. The van der Waals surface area contributed by atoms with Crippen molar-refractivity contribution >= 4 is 0 Å². The quantitative estimate of drug-likeness (QED) is 0.658. The van der Waals surface area contributed by atoms with Crippen molar-refractivity contribution in [1.82, 2.24) is 5.32 Å². The molecule has 1 aliphatic heterocycles. The van der Waals surface area contributed by atoms with Crippen molar-refractivity contribution in [2.45, 2.75) is 38.6 Å². The monoisotopic (exact) mass is 181 g/mol. The van der Waals surface area contributed by atoms with Crippen LogP contribution in [0.25, 0.3) is 0 Å². The van der Waals surface area contributed by atoms with Gasteiger partial charge in [0.25, 0.3) is 0 Å². The van der Waals surface area contributed by atoms with E-state index in [2.05, 4.69) is 12.2 Å². The van der Waals surface area contributed by atoms with Crippen molar-refractivity contribution in [3.05, 3.63) is 11.3 Å². The lowest BCUT2D eigenvalue weighted by atomic mass is 9.95. The van der Waals surface area contributed by atoms with Crippen LogP contribution >= 0.6 is 0 Å². The van der Waals surface area contributed by atoms with Gasteiger partial charge in [0.1, 0.15) is 5.76 Å². The summed E-state index contributed by atoms with van der Waals surface area (Å²) >= 11 is 0. The van der Waals surface area contributed by atoms with Crippen LogP contribution in [0.2, 0.25) is 0 Å². The molecule has 0 aromatic rings. The number of rotatable bonds is 2. The van der Waals surface area contributed by atoms with Crippen molar-refractivity contribution in [1.29, 1.82) is 0 Å². The average molecular weight is 181 g/mol. The molecule has 0 unspecified atom stereocenters. The van der Waals surface area contributed by atoms with Crippen molar-refractivity contribution in [2.75, 3.05) is 13.7 Å². The first-order valence-electron chi connectivity index (χ1n) is 5.30. The topological polar surface area (TPSA) is 21.3 Å². The second kappa shape index (κ2) is 3.70. The third-order valence-electron chi connectivity index (χ3n) is 3.05. The Labute approximate surface area is 80.4 Å². The molecular weight excluding hydrogens is 162 g/mol. The fraction of sp³-hybridized carbons (Fsp3) is 0.818. The molecule has 1 heterocycles. The van der Waals surface area contributed by atoms with Crippen LogP contribution in [0.15, 0.2) is 11.3 Å². The predicted molar refractivity (Wildman–Crippen MR) is 53.5 cm³/mol. The molecule has 0 aromatic carbocycles. The van der Waals surface area contributed by atoms with Crippen LogP contribution in [-0.2, 0) is 4.74 Å². The zero-order valence-electron chi connectivity index (χ0n) is 8.60. The van der Waals surface area contributed by atoms with E-state index in [1.165, 1.54) is 37.0 Å². The second-order valence-corrected chi connectivity index (χ2v) is 4.32. The molecule has 1 N–H and O–H groups in total. The number of piperidine rings is 1. The Balaban J connectivity index is 1.96. The number of allylic oxidation sites excluding steroid dienone is 1. The van der Waals surface area contributed by atoms with Crippen LogP contribution in [0.4, 0.5) is 0 Å². The molecule has 2 aliphatic rings. The van der Waals surface area contributed by atoms with E-state index < -0.39 is 0 Å². The molecule has 2 nitrogen and oxygen atoms in total. The normalized spacial score (nSPS) is 32.9. The van der Waals surface area contributed by atoms with Gasteiger partial charge in [0.2, 0.25) is 0 Å². The lowest BCUT2D eigenvalue weighted by Gasteiger charge is -2.28. The number of methoxy groups -OCH3 is 1. The van der Waals surface area contributed by atoms with Crippen LogP contribution in [0.1, 0.15) is 32.6 Å². The Bertz CT molecular complexity index is 208. The first-order chi connectivity index (χ1) is 6.31. The SMILES string of the molecule is COC(=C1CC1)[C@H]1CC[C@@H](C)CN1. The van der Waals surface area contributed by atoms with Gasteiger partial charge in [0.15, 0.2) is 0 Å². The van der Waals surface area contributed by atoms with Crippen LogP contribution in [0.3, 0.4) is 0 Å². The maximum Gasteiger partial charge on any atom is 0.112 e. The molecule has 0 amide bonds. The van der Waals surface area contributed by atoms with Crippen LogP contribution < -0.4 is 5.32 Å². The van der Waals surface area contributed by atoms with E-state index in [9.17, 15) is 0 Å². The number of nitrogens with one attached hydrogen (secondary N) is 1. The highest BCUT2D eigenvalue weighted by Gasteiger charge is 2.27. The van der Waals surface area contributed by atoms with E-state index in [1.54, 1.807) is 7.11 Å². The van der Waals surface area contributed by atoms with E-state index in [1.807, 2.05) is 0 Å². The van der Waals surface area contributed by atoms with E-state index in [0.717, 1.165) is 12.5 Å². The van der Waals surface area contributed by atoms with Gasteiger partial charge in [0.05, 0.1) is 13.2 Å². The third kappa shape index (κ3) is 2.05. The summed E-state index contributed by atoms with van der Waals surface area (Å²) < 4.78 is 5.47. The largest absolute Gasteiger partial charge is 0.499 e. The predicted octanol–water partition coefficient (Wildman–Crippen LogP) is 2.07. The molecule has 0 spiro atoms. The van der Waals surface area contributed by atoms with Gasteiger partial charge in [-0.15, -0.1) is 0 Å². The van der Waals surface area contributed by atoms with Crippen molar-refractivity contribution in [2.24, 2.45) is 5.92 Å². The summed E-state index contributed by atoms with van der Waals surface area (Å²) in [5.41, 5.74) is 1.54. The lowest BCUT2D eigenvalue weighted by Crippen LogP contribution is -2.39. The standard InChI is InChI=1S/C11H19NO/c1-8-3-6-10(12-7-8)11(13-2)9-4-5-9/h8,10,12H,3-7H2,1-2H3/t8-,10-/m1/s1. The highest BCUT2D eigenvalue weighted by atomic mass is 16.5. The van der Waals surface area contributed by atoms with Gasteiger partial charge in [-0.25, -0.2) is 0 Å². The Morgan fingerprint density at radius 3 is 2.62 bits per heavy atom. The molecule has 1 saturated carbocycles. The van der Waals surface area contributed by atoms with E-state index in [-0.39, 0.29) is 0 Å². The zero-order chi connectivity index (χ0) is 9.26. The molecule has 13 heavy (non-hydrogen) atoms. The minimum Gasteiger partial charge on any atom is -0.499 e. The Hall–Kier alpha value is -0.500. The fourth-order valence-electron chi connectivity index (χ4n) is 2.06. The molecule has 0 bridgehead atoms. The molecular formula is C11H19NO. The van der Waals surface area contributed by atoms with Crippen molar-refractivity contribution in [3.63, 3.8) is 0 Å². The number of hydrogen-bond acceptors (Lipinski definition) is 2. The maximum absolute atomic E-state index is 5.47. The average Bonchev–Trinajstić information content (AvgIpc) is 2.93. The Morgan fingerprint density at radius 2 is 2.15 bits per heavy atom. The summed E-state index contributed by atoms with van der Waals surface area (Å²) in [6.45, 7) is 3.45. The highest BCUT2D eigenvalue weighted by Crippen LogP contribution is 2.35. The first-order valence-corrected chi connectivity index (χ1v) is 5.30. The number of ether oxygens (including phenoxy) is 1. The fourth-order valence-corrected chi connectivity index (χ4v) is 2.06. The summed E-state index contributed by atoms with van der Waals surface area (Å²) in [5.74, 6) is 2.07. The molecule has 0 aromatic heterocycles. The van der Waals surface area contributed by atoms with Crippen LogP contribution in [0.5, 0.6) is 0 Å². The molecule has 74 valence electrons. The molecule has 1 saturated heterocycles. The van der Waals surface area contributed by atoms with Gasteiger partial charge < -0.3 is 10.1 Å². The molecule has 1 aliphatic carbocycles. The van der Waals surface area contributed by atoms with Gasteiger partial charge in [-0.2, -0.15) is 0 Å². The van der Waals surface area contributed by atoms with E-state index in [0.29, 0.717) is 6.04 Å². The minimum atomic E-state index is 0.513. The van der Waals surface area contributed by atoms with Crippen LogP contribution in [0, 0.1) is 5.92 Å². The molecule has 2 fully saturated rings. The maximum atomic E-state index is 5.47. The van der Waals surface area contributed by atoms with Crippen molar-refractivity contribution < 1.29 is 4.74 Å². The van der Waals surface area contributed by atoms with Gasteiger partial charge in [-0.1, -0.05) is 6.92 Å². The summed E-state index contributed by atoms with van der Waals surface area (Å²) in [6, 6.07) is 0.513. The van der Waals surface area contributed by atoms with Gasteiger partial charge >= 0.3 is 0 Å². The number of hydrogen-bond donors (Lipinski definition) is 1. The lowest BCUT2D eigenvalue weighted by molar-refractivity contribution is 0.219. The van der Waals surface area contributed by atoms with Gasteiger partial charge in [0, 0.05) is 0 Å². The second-order valence-electron chi connectivity index (χ2n) is 4.32. The molecule has 0 radical (unpaired) electrons. The molecule has 2 atom stereocenters. The highest BCUT2D eigenvalue weighted by molar-refractivity contribution is 5.25. The van der Waals surface area contributed by atoms with Gasteiger partial charge in [-0.3, -0.25) is 0 Å². The smallest absolute Gasteiger partial charge is 0.112 e. The zero-order valence-corrected chi connectivity index (χ0v) is 8.60. The van der Waals surface area contributed by atoms with Gasteiger partial charge in [-0.05, 0) is 43.7 Å². The van der Waals surface area contributed by atoms with Crippen LogP contribution in [-0.4, -0.2) is 19.7 Å². The first kappa shape index (κ1) is 9.07. The Kier molecular flexibility index (Phi) is 2.58.